The molecule has 0 atom stereocenters. The lowest BCUT2D eigenvalue weighted by Gasteiger charge is -2.16. The van der Waals surface area contributed by atoms with Crippen LogP contribution in [0, 0.1) is 0 Å². The molecule has 0 unspecified atom stereocenters. The van der Waals surface area contributed by atoms with Gasteiger partial charge in [0, 0.05) is 6.54 Å². The number of hydrogen-bond acceptors (Lipinski definition) is 5. The van der Waals surface area contributed by atoms with Gasteiger partial charge in [0.25, 0.3) is 0 Å². The first-order chi connectivity index (χ1) is 6.42. The predicted molar refractivity (Wildman–Crippen MR) is 52.7 cm³/mol. The van der Waals surface area contributed by atoms with E-state index in [1.165, 1.54) is 0 Å². The number of aliphatic hydroxyl groups is 1. The fraction of sp³-hybridized carbons (Fsp3) is 0.375. The van der Waals surface area contributed by atoms with Crippen molar-refractivity contribution in [3.63, 3.8) is 0 Å². The largest absolute Gasteiger partial charge is 0.395 e. The molecule has 0 fully saturated rings. The second-order valence-electron chi connectivity index (χ2n) is 2.72. The number of rotatable bonds is 3. The van der Waals surface area contributed by atoms with Crippen molar-refractivity contribution in [1.29, 1.82) is 0 Å². The fourth-order valence-electron chi connectivity index (χ4n) is 1.26. The highest BCUT2D eigenvalue weighted by atomic mass is 32.1. The number of amidine groups is 1. The molecule has 2 rings (SSSR count). The first-order valence-electron chi connectivity index (χ1n) is 4.12. The summed E-state index contributed by atoms with van der Waals surface area (Å²) < 4.78 is 0. The normalized spacial score (nSPS) is 15.8. The molecule has 0 amide bonds. The zero-order valence-electron chi connectivity index (χ0n) is 7.10. The molecule has 0 bridgehead atoms. The van der Waals surface area contributed by atoms with Crippen LogP contribution < -0.4 is 5.43 Å². The van der Waals surface area contributed by atoms with Gasteiger partial charge in [-0.25, -0.2) is 0 Å². The van der Waals surface area contributed by atoms with Crippen LogP contribution in [0.25, 0.3) is 0 Å². The molecule has 1 aromatic heterocycles. The van der Waals surface area contributed by atoms with Gasteiger partial charge in [-0.05, 0) is 11.4 Å². The molecule has 0 radical (unpaired) electrons. The lowest BCUT2D eigenvalue weighted by atomic mass is 10.4. The molecule has 1 aliphatic rings. The van der Waals surface area contributed by atoms with Gasteiger partial charge in [-0.15, -0.1) is 11.3 Å². The number of thiophene rings is 1. The van der Waals surface area contributed by atoms with Crippen molar-refractivity contribution in [2.75, 3.05) is 19.8 Å². The standard InChI is InChI=1S/C8H11N3OS/c12-4-3-11-6-9-10-8(11)7-2-1-5-13-7/h1-2,5,9,12H,3-4,6H2. The van der Waals surface area contributed by atoms with Crippen LogP contribution in [0.2, 0.25) is 0 Å². The SMILES string of the molecule is OCCN1CNN=C1c1cccs1. The van der Waals surface area contributed by atoms with Crippen molar-refractivity contribution in [2.24, 2.45) is 5.10 Å². The Bertz CT molecular complexity index is 296. The van der Waals surface area contributed by atoms with Crippen LogP contribution in [-0.4, -0.2) is 35.7 Å². The summed E-state index contributed by atoms with van der Waals surface area (Å²) in [6.45, 7) is 1.48. The molecule has 1 aliphatic heterocycles. The van der Waals surface area contributed by atoms with Crippen LogP contribution >= 0.6 is 11.3 Å². The molecule has 13 heavy (non-hydrogen) atoms. The second kappa shape index (κ2) is 3.76. The number of hydrazone groups is 1. The first-order valence-corrected chi connectivity index (χ1v) is 5.00. The Balaban J connectivity index is 2.14. The van der Waals surface area contributed by atoms with E-state index < -0.39 is 0 Å². The summed E-state index contributed by atoms with van der Waals surface area (Å²) in [6, 6.07) is 4.03. The first kappa shape index (κ1) is 8.52. The third-order valence-electron chi connectivity index (χ3n) is 1.86. The van der Waals surface area contributed by atoms with Gasteiger partial charge >= 0.3 is 0 Å². The van der Waals surface area contributed by atoms with E-state index in [9.17, 15) is 0 Å². The molecule has 0 spiro atoms. The molecule has 5 heteroatoms. The van der Waals surface area contributed by atoms with E-state index in [0.717, 1.165) is 10.7 Å². The van der Waals surface area contributed by atoms with Crippen molar-refractivity contribution in [3.8, 4) is 0 Å². The van der Waals surface area contributed by atoms with Crippen LogP contribution in [-0.2, 0) is 0 Å². The number of hydrogen-bond donors (Lipinski definition) is 2. The molecule has 1 aromatic rings. The maximum absolute atomic E-state index is 8.82. The lowest BCUT2D eigenvalue weighted by molar-refractivity contribution is 0.252. The Morgan fingerprint density at radius 2 is 2.62 bits per heavy atom. The van der Waals surface area contributed by atoms with Gasteiger partial charge in [-0.3, -0.25) is 5.43 Å². The summed E-state index contributed by atoms with van der Waals surface area (Å²) in [5.74, 6) is 0.934. The molecule has 2 N–H and O–H groups in total. The van der Waals surface area contributed by atoms with Crippen LogP contribution in [0.1, 0.15) is 4.88 Å². The molecule has 0 saturated heterocycles. The van der Waals surface area contributed by atoms with Crippen molar-refractivity contribution >= 4 is 17.2 Å². The zero-order chi connectivity index (χ0) is 9.10. The smallest absolute Gasteiger partial charge is 0.167 e. The predicted octanol–water partition coefficient (Wildman–Crippen LogP) is 0.265. The quantitative estimate of drug-likeness (QED) is 0.731. The highest BCUT2D eigenvalue weighted by Gasteiger charge is 2.18. The van der Waals surface area contributed by atoms with E-state index in [0.29, 0.717) is 13.2 Å². The Morgan fingerprint density at radius 1 is 1.69 bits per heavy atom. The highest BCUT2D eigenvalue weighted by Crippen LogP contribution is 2.14. The molecular weight excluding hydrogens is 186 g/mol. The number of nitrogens with one attached hydrogen (secondary N) is 1. The van der Waals surface area contributed by atoms with Gasteiger partial charge in [0.15, 0.2) is 5.84 Å². The lowest BCUT2D eigenvalue weighted by Crippen LogP contribution is -2.32. The average Bonchev–Trinajstić information content (AvgIpc) is 2.71. The van der Waals surface area contributed by atoms with Gasteiger partial charge in [-0.2, -0.15) is 5.10 Å². The fourth-order valence-corrected chi connectivity index (χ4v) is 2.00. The van der Waals surface area contributed by atoms with E-state index in [-0.39, 0.29) is 6.61 Å². The van der Waals surface area contributed by atoms with Crippen molar-refractivity contribution in [2.45, 2.75) is 0 Å². The summed E-state index contributed by atoms with van der Waals surface area (Å²) in [4.78, 5) is 3.16. The monoisotopic (exact) mass is 197 g/mol. The highest BCUT2D eigenvalue weighted by molar-refractivity contribution is 7.12. The molecule has 0 aliphatic carbocycles. The Kier molecular flexibility index (Phi) is 2.47. The molecular formula is C8H11N3OS. The Labute approximate surface area is 80.5 Å². The minimum absolute atomic E-state index is 0.159. The maximum Gasteiger partial charge on any atom is 0.167 e. The minimum atomic E-state index is 0.159. The van der Waals surface area contributed by atoms with E-state index in [1.54, 1.807) is 11.3 Å². The van der Waals surface area contributed by atoms with Crippen molar-refractivity contribution < 1.29 is 5.11 Å². The molecule has 0 saturated carbocycles. The van der Waals surface area contributed by atoms with Crippen LogP contribution in [0.3, 0.4) is 0 Å². The van der Waals surface area contributed by atoms with E-state index in [4.69, 9.17) is 5.11 Å². The third-order valence-corrected chi connectivity index (χ3v) is 2.72. The van der Waals surface area contributed by atoms with Gasteiger partial charge < -0.3 is 10.0 Å². The summed E-state index contributed by atoms with van der Waals surface area (Å²) in [5.41, 5.74) is 2.90. The molecule has 0 aromatic carbocycles. The second-order valence-corrected chi connectivity index (χ2v) is 3.66. The van der Waals surface area contributed by atoms with Gasteiger partial charge in [0.2, 0.25) is 0 Å². The van der Waals surface area contributed by atoms with Crippen molar-refractivity contribution in [3.05, 3.63) is 22.4 Å². The number of nitrogens with zero attached hydrogens (tertiary/aromatic N) is 2. The summed E-state index contributed by atoms with van der Waals surface area (Å²) >= 11 is 1.66. The van der Waals surface area contributed by atoms with E-state index in [2.05, 4.69) is 10.5 Å². The van der Waals surface area contributed by atoms with Crippen LogP contribution in [0.15, 0.2) is 22.6 Å². The molecule has 4 nitrogen and oxygen atoms in total. The Hall–Kier alpha value is -1.07. The summed E-state index contributed by atoms with van der Waals surface area (Å²) in [5, 5.41) is 15.0. The van der Waals surface area contributed by atoms with Crippen molar-refractivity contribution in [1.82, 2.24) is 10.3 Å². The number of β-amino-alcohol motifs (C(OH)–C–C–N with tert-alkyl or cyclic N) is 1. The summed E-state index contributed by atoms with van der Waals surface area (Å²) in [6.07, 6.45) is 0. The minimum Gasteiger partial charge on any atom is -0.395 e. The summed E-state index contributed by atoms with van der Waals surface area (Å²) in [7, 11) is 0. The molecule has 70 valence electrons. The zero-order valence-corrected chi connectivity index (χ0v) is 7.92. The average molecular weight is 197 g/mol. The van der Waals surface area contributed by atoms with Gasteiger partial charge in [0.05, 0.1) is 11.5 Å². The van der Waals surface area contributed by atoms with Gasteiger partial charge in [-0.1, -0.05) is 6.07 Å². The Morgan fingerprint density at radius 3 is 3.31 bits per heavy atom. The van der Waals surface area contributed by atoms with Crippen LogP contribution in [0.5, 0.6) is 0 Å². The number of aliphatic hydroxyl groups excluding tert-OH is 1. The van der Waals surface area contributed by atoms with E-state index >= 15 is 0 Å². The van der Waals surface area contributed by atoms with Gasteiger partial charge in [0.1, 0.15) is 6.67 Å². The topological polar surface area (TPSA) is 47.9 Å². The molecule has 2 heterocycles. The van der Waals surface area contributed by atoms with E-state index in [1.807, 2.05) is 22.4 Å². The third kappa shape index (κ3) is 1.66. The van der Waals surface area contributed by atoms with Crippen LogP contribution in [0.4, 0.5) is 0 Å². The maximum atomic E-state index is 8.82.